The standard InChI is InChI=1S/C18H27NO2/c1-2-17(19-12-13-3-6-16(20)7-4-13)14-5-8-18-15(11-14)9-10-21-18/h5,8,11,13,16-17,19-20H,2-4,6-7,9-10,12H2,1H3. The molecule has 3 rings (SSSR count). The average molecular weight is 289 g/mol. The van der Waals surface area contributed by atoms with E-state index in [9.17, 15) is 5.11 Å². The van der Waals surface area contributed by atoms with Crippen molar-refractivity contribution in [3.8, 4) is 5.75 Å². The van der Waals surface area contributed by atoms with Crippen LogP contribution in [0.2, 0.25) is 0 Å². The average Bonchev–Trinajstić information content (AvgIpc) is 2.97. The first-order valence-electron chi connectivity index (χ1n) is 8.43. The molecule has 116 valence electrons. The number of fused-ring (bicyclic) bond motifs is 1. The molecule has 0 aromatic heterocycles. The molecule has 0 amide bonds. The lowest BCUT2D eigenvalue weighted by Gasteiger charge is -2.28. The monoisotopic (exact) mass is 289 g/mol. The molecule has 3 nitrogen and oxygen atoms in total. The zero-order valence-corrected chi connectivity index (χ0v) is 13.0. The molecule has 2 aliphatic rings. The van der Waals surface area contributed by atoms with Gasteiger partial charge in [0.15, 0.2) is 0 Å². The van der Waals surface area contributed by atoms with E-state index in [1.807, 2.05) is 0 Å². The number of ether oxygens (including phenoxy) is 1. The number of aliphatic hydroxyl groups excluding tert-OH is 1. The van der Waals surface area contributed by atoms with Crippen molar-refractivity contribution < 1.29 is 9.84 Å². The second kappa shape index (κ2) is 6.80. The normalized spacial score (nSPS) is 26.2. The molecule has 1 heterocycles. The van der Waals surface area contributed by atoms with Crippen LogP contribution in [0.4, 0.5) is 0 Å². The van der Waals surface area contributed by atoms with Gasteiger partial charge in [-0.15, -0.1) is 0 Å². The number of rotatable bonds is 5. The summed E-state index contributed by atoms with van der Waals surface area (Å²) in [7, 11) is 0. The van der Waals surface area contributed by atoms with Gasteiger partial charge in [0.2, 0.25) is 0 Å². The molecule has 2 N–H and O–H groups in total. The van der Waals surface area contributed by atoms with Gasteiger partial charge in [0.25, 0.3) is 0 Å². The fourth-order valence-corrected chi connectivity index (χ4v) is 3.58. The van der Waals surface area contributed by atoms with Gasteiger partial charge in [-0.1, -0.05) is 19.1 Å². The predicted octanol–water partition coefficient (Wildman–Crippen LogP) is 3.21. The molecule has 0 saturated heterocycles. The number of hydrogen-bond acceptors (Lipinski definition) is 3. The van der Waals surface area contributed by atoms with Crippen molar-refractivity contribution in [2.24, 2.45) is 5.92 Å². The molecule has 1 fully saturated rings. The third kappa shape index (κ3) is 3.58. The maximum Gasteiger partial charge on any atom is 0.122 e. The van der Waals surface area contributed by atoms with Crippen molar-refractivity contribution in [3.05, 3.63) is 29.3 Å². The maximum absolute atomic E-state index is 9.59. The van der Waals surface area contributed by atoms with Crippen LogP contribution in [-0.2, 0) is 6.42 Å². The molecule has 0 bridgehead atoms. The fraction of sp³-hybridized carbons (Fsp3) is 0.667. The van der Waals surface area contributed by atoms with Crippen molar-refractivity contribution in [3.63, 3.8) is 0 Å². The minimum Gasteiger partial charge on any atom is -0.493 e. The van der Waals surface area contributed by atoms with E-state index in [1.54, 1.807) is 0 Å². The quantitative estimate of drug-likeness (QED) is 0.874. The zero-order chi connectivity index (χ0) is 14.7. The van der Waals surface area contributed by atoms with Gasteiger partial charge in [-0.2, -0.15) is 0 Å². The minimum absolute atomic E-state index is 0.0556. The predicted molar refractivity (Wildman–Crippen MR) is 84.6 cm³/mol. The lowest BCUT2D eigenvalue weighted by Crippen LogP contribution is -2.30. The Balaban J connectivity index is 1.57. The van der Waals surface area contributed by atoms with Crippen molar-refractivity contribution in [2.45, 2.75) is 57.6 Å². The highest BCUT2D eigenvalue weighted by molar-refractivity contribution is 5.40. The topological polar surface area (TPSA) is 41.5 Å². The lowest BCUT2D eigenvalue weighted by atomic mass is 9.87. The van der Waals surface area contributed by atoms with Crippen molar-refractivity contribution in [2.75, 3.05) is 13.2 Å². The first kappa shape index (κ1) is 14.9. The second-order valence-electron chi connectivity index (χ2n) is 6.51. The molecule has 1 aromatic carbocycles. The van der Waals surface area contributed by atoms with Gasteiger partial charge in [-0.3, -0.25) is 0 Å². The van der Waals surface area contributed by atoms with E-state index in [1.165, 1.54) is 11.1 Å². The molecule has 0 radical (unpaired) electrons. The Kier molecular flexibility index (Phi) is 4.81. The van der Waals surface area contributed by atoms with Crippen LogP contribution in [0.3, 0.4) is 0 Å². The minimum atomic E-state index is -0.0556. The molecule has 21 heavy (non-hydrogen) atoms. The van der Waals surface area contributed by atoms with Crippen LogP contribution in [0.5, 0.6) is 5.75 Å². The largest absolute Gasteiger partial charge is 0.493 e. The molecule has 1 saturated carbocycles. The van der Waals surface area contributed by atoms with Crippen LogP contribution in [0, 0.1) is 5.92 Å². The maximum atomic E-state index is 9.59. The van der Waals surface area contributed by atoms with Crippen LogP contribution in [-0.4, -0.2) is 24.4 Å². The van der Waals surface area contributed by atoms with E-state index in [4.69, 9.17) is 4.74 Å². The molecule has 0 spiro atoms. The molecule has 1 aliphatic heterocycles. The molecular weight excluding hydrogens is 262 g/mol. The van der Waals surface area contributed by atoms with Crippen molar-refractivity contribution in [1.82, 2.24) is 5.32 Å². The van der Waals surface area contributed by atoms with E-state index in [0.717, 1.165) is 63.3 Å². The Morgan fingerprint density at radius 1 is 1.29 bits per heavy atom. The molecule has 1 unspecified atom stereocenters. The van der Waals surface area contributed by atoms with Crippen LogP contribution >= 0.6 is 0 Å². The summed E-state index contributed by atoms with van der Waals surface area (Å²) >= 11 is 0. The Morgan fingerprint density at radius 3 is 2.86 bits per heavy atom. The third-order valence-corrected chi connectivity index (χ3v) is 4.99. The summed E-state index contributed by atoms with van der Waals surface area (Å²) in [5.41, 5.74) is 2.74. The van der Waals surface area contributed by atoms with Gasteiger partial charge in [-0.25, -0.2) is 0 Å². The smallest absolute Gasteiger partial charge is 0.122 e. The summed E-state index contributed by atoms with van der Waals surface area (Å²) in [6.45, 7) is 4.14. The molecule has 1 aliphatic carbocycles. The number of nitrogens with one attached hydrogen (secondary N) is 1. The Labute approximate surface area is 127 Å². The van der Waals surface area contributed by atoms with Gasteiger partial charge in [0.1, 0.15) is 5.75 Å². The number of hydrogen-bond donors (Lipinski definition) is 2. The Morgan fingerprint density at radius 2 is 2.10 bits per heavy atom. The van der Waals surface area contributed by atoms with Crippen LogP contribution in [0.1, 0.15) is 56.2 Å². The number of aliphatic hydroxyl groups is 1. The van der Waals surface area contributed by atoms with Crippen molar-refractivity contribution >= 4 is 0 Å². The van der Waals surface area contributed by atoms with Crippen molar-refractivity contribution in [1.29, 1.82) is 0 Å². The first-order valence-corrected chi connectivity index (χ1v) is 8.43. The molecule has 1 atom stereocenters. The van der Waals surface area contributed by atoms with Crippen LogP contribution in [0.25, 0.3) is 0 Å². The van der Waals surface area contributed by atoms with E-state index in [2.05, 4.69) is 30.4 Å². The second-order valence-corrected chi connectivity index (χ2v) is 6.51. The third-order valence-electron chi connectivity index (χ3n) is 4.99. The van der Waals surface area contributed by atoms with Gasteiger partial charge < -0.3 is 15.2 Å². The van der Waals surface area contributed by atoms with E-state index >= 15 is 0 Å². The summed E-state index contributed by atoms with van der Waals surface area (Å²) in [5, 5.41) is 13.3. The Hall–Kier alpha value is -1.06. The highest BCUT2D eigenvalue weighted by Gasteiger charge is 2.21. The summed E-state index contributed by atoms with van der Waals surface area (Å²) in [6.07, 6.45) is 6.35. The van der Waals surface area contributed by atoms with E-state index in [0.29, 0.717) is 6.04 Å². The molecular formula is C18H27NO2. The van der Waals surface area contributed by atoms with E-state index < -0.39 is 0 Å². The lowest BCUT2D eigenvalue weighted by molar-refractivity contribution is 0.107. The van der Waals surface area contributed by atoms with E-state index in [-0.39, 0.29) is 6.10 Å². The van der Waals surface area contributed by atoms with Gasteiger partial charge in [-0.05, 0) is 61.8 Å². The summed E-state index contributed by atoms with van der Waals surface area (Å²) in [6, 6.07) is 7.08. The first-order chi connectivity index (χ1) is 10.3. The summed E-state index contributed by atoms with van der Waals surface area (Å²) in [4.78, 5) is 0. The SMILES string of the molecule is CCC(NCC1CCC(O)CC1)c1ccc2c(c1)CCO2. The van der Waals surface area contributed by atoms with Crippen LogP contribution < -0.4 is 10.1 Å². The summed E-state index contributed by atoms with van der Waals surface area (Å²) in [5.74, 6) is 1.79. The van der Waals surface area contributed by atoms with Gasteiger partial charge in [0.05, 0.1) is 12.7 Å². The fourth-order valence-electron chi connectivity index (χ4n) is 3.58. The Bertz CT molecular complexity index is 466. The molecule has 3 heteroatoms. The van der Waals surface area contributed by atoms with Gasteiger partial charge >= 0.3 is 0 Å². The number of benzene rings is 1. The zero-order valence-electron chi connectivity index (χ0n) is 13.0. The van der Waals surface area contributed by atoms with Gasteiger partial charge in [0, 0.05) is 12.5 Å². The summed E-state index contributed by atoms with van der Waals surface area (Å²) < 4.78 is 5.59. The van der Waals surface area contributed by atoms with Crippen LogP contribution in [0.15, 0.2) is 18.2 Å². The highest BCUT2D eigenvalue weighted by Crippen LogP contribution is 2.30. The molecule has 1 aromatic rings. The highest BCUT2D eigenvalue weighted by atomic mass is 16.5.